The predicted octanol–water partition coefficient (Wildman–Crippen LogP) is 11.5. The van der Waals surface area contributed by atoms with E-state index in [0.29, 0.717) is 23.1 Å². The first-order chi connectivity index (χ1) is 24.5. The van der Waals surface area contributed by atoms with E-state index in [9.17, 15) is 0 Å². The van der Waals surface area contributed by atoms with Crippen molar-refractivity contribution in [1.29, 1.82) is 0 Å². The summed E-state index contributed by atoms with van der Waals surface area (Å²) in [6.45, 7) is 9.09. The Balaban J connectivity index is 0.000000201. The van der Waals surface area contributed by atoms with Gasteiger partial charge in [-0.1, -0.05) is 106 Å². The number of pyridine rings is 2. The fourth-order valence-corrected chi connectivity index (χ4v) is 5.76. The number of benzene rings is 5. The Kier molecular flexibility index (Phi) is 9.37. The molecule has 2 aromatic heterocycles. The smallest absolute Gasteiger partial charge is 0.0629 e. The quantitative estimate of drug-likeness (QED) is 0.119. The zero-order chi connectivity index (χ0) is 36.2. The van der Waals surface area contributed by atoms with Gasteiger partial charge < -0.3 is 9.97 Å². The van der Waals surface area contributed by atoms with E-state index in [1.165, 1.54) is 38.9 Å². The maximum absolute atomic E-state index is 7.98. The van der Waals surface area contributed by atoms with Gasteiger partial charge in [0.15, 0.2) is 0 Å². The van der Waals surface area contributed by atoms with Crippen molar-refractivity contribution in [2.75, 3.05) is 0 Å². The van der Waals surface area contributed by atoms with E-state index in [1.807, 2.05) is 24.4 Å². The van der Waals surface area contributed by atoms with Gasteiger partial charge >= 0.3 is 0 Å². The molecule has 237 valence electrons. The zero-order valence-corrected chi connectivity index (χ0v) is 29.5. The van der Waals surface area contributed by atoms with Crippen molar-refractivity contribution < 1.29 is 27.0 Å². The summed E-state index contributed by atoms with van der Waals surface area (Å²) in [7, 11) is 0. The molecule has 7 aromatic rings. The van der Waals surface area contributed by atoms with Gasteiger partial charge in [-0.3, -0.25) is 0 Å². The van der Waals surface area contributed by atoms with Crippen LogP contribution in [0.25, 0.3) is 55.2 Å². The molecule has 0 saturated carbocycles. The molecule has 0 aliphatic rings. The molecule has 0 amide bonds. The van der Waals surface area contributed by atoms with Crippen molar-refractivity contribution in [1.82, 2.24) is 9.97 Å². The second-order valence-corrected chi connectivity index (χ2v) is 12.4. The van der Waals surface area contributed by atoms with E-state index in [-0.39, 0.29) is 49.8 Å². The third kappa shape index (κ3) is 8.49. The van der Waals surface area contributed by atoms with E-state index in [2.05, 4.69) is 99.4 Å². The number of rotatable bonds is 7. The average Bonchev–Trinajstić information content (AvgIpc) is 3.13. The van der Waals surface area contributed by atoms with Gasteiger partial charge in [0.2, 0.25) is 0 Å². The fourth-order valence-electron chi connectivity index (χ4n) is 5.76. The molecule has 0 unspecified atom stereocenters. The second-order valence-electron chi connectivity index (χ2n) is 12.4. The van der Waals surface area contributed by atoms with Crippen LogP contribution in [0.3, 0.4) is 0 Å². The van der Waals surface area contributed by atoms with Gasteiger partial charge in [0.25, 0.3) is 0 Å². The molecular weight excluding hydrogens is 749 g/mol. The predicted molar refractivity (Wildman–Crippen MR) is 195 cm³/mol. The largest absolute Gasteiger partial charge is 0.304 e. The number of fused-ring (bicyclic) bond motifs is 3. The van der Waals surface area contributed by atoms with Crippen LogP contribution in [0.4, 0.5) is 0 Å². The van der Waals surface area contributed by atoms with E-state index < -0.39 is 6.04 Å². The van der Waals surface area contributed by atoms with E-state index >= 15 is 0 Å². The van der Waals surface area contributed by atoms with Gasteiger partial charge in [-0.2, -0.15) is 0 Å². The van der Waals surface area contributed by atoms with Crippen molar-refractivity contribution in [3.8, 4) is 33.6 Å². The van der Waals surface area contributed by atoms with E-state index in [0.717, 1.165) is 29.7 Å². The summed E-state index contributed by atoms with van der Waals surface area (Å²) in [5.74, 6) is 1.24. The molecular formula is C44H40IrN2-2. The third-order valence-corrected chi connectivity index (χ3v) is 7.72. The standard InChI is InChI=1S/C27H28N.C17H12N.Ir/c1-18(2)13-20-15-21(14-19(3)4)17-23(16-20)27-26-10-9-22-7-5-6-8-24(22)25(26)11-12-28-27;1-3-7-14(8-4-1)16-11-12-17(18-13-16)15-9-5-2-6-10-15;/h5-12,15-16,18-19H,13-14H2,1-4H3;1-9,11-13H;/q2*-1;/i;1D,3D,4D,7D,8D;. The average molecular weight is 794 g/mol. The number of nitrogens with zero attached hydrogens (tertiary/aromatic N) is 2. The van der Waals surface area contributed by atoms with Crippen LogP contribution in [-0.4, -0.2) is 9.97 Å². The minimum absolute atomic E-state index is 0. The monoisotopic (exact) mass is 794 g/mol. The van der Waals surface area contributed by atoms with Crippen LogP contribution in [0.15, 0.2) is 134 Å². The molecule has 0 N–H and O–H groups in total. The molecule has 0 spiro atoms. The van der Waals surface area contributed by atoms with Crippen molar-refractivity contribution >= 4 is 21.5 Å². The zero-order valence-electron chi connectivity index (χ0n) is 32.1. The first-order valence-electron chi connectivity index (χ1n) is 18.3. The number of hydrogen-bond donors (Lipinski definition) is 0. The topological polar surface area (TPSA) is 25.8 Å². The molecule has 1 radical (unpaired) electrons. The van der Waals surface area contributed by atoms with Gasteiger partial charge in [0.1, 0.15) is 0 Å². The maximum atomic E-state index is 7.98. The molecule has 3 heteroatoms. The molecule has 0 aliphatic carbocycles. The van der Waals surface area contributed by atoms with Crippen LogP contribution in [-0.2, 0) is 32.9 Å². The van der Waals surface area contributed by atoms with Crippen molar-refractivity contribution in [2.24, 2.45) is 11.8 Å². The molecule has 47 heavy (non-hydrogen) atoms. The Morgan fingerprint density at radius 1 is 0.681 bits per heavy atom. The first kappa shape index (κ1) is 27.7. The molecule has 0 fully saturated rings. The SMILES string of the molecule is CC(C)Cc1[c-]c(-c2nccc3c2ccc2ccccc23)cc(CC(C)C)c1.[2H]c1c([2H])c([2H])c(-c2ccc(-c3[c-]cccc3)nc2)c([2H])c1[2H].[Ir]. The Labute approximate surface area is 300 Å². The summed E-state index contributed by atoms with van der Waals surface area (Å²) in [5.41, 5.74) is 7.03. The van der Waals surface area contributed by atoms with Crippen LogP contribution in [0.2, 0.25) is 0 Å². The molecule has 7 rings (SSSR count). The summed E-state index contributed by atoms with van der Waals surface area (Å²) >= 11 is 0. The second kappa shape index (κ2) is 15.9. The Bertz CT molecular complexity index is 2270. The van der Waals surface area contributed by atoms with Crippen LogP contribution >= 0.6 is 0 Å². The summed E-state index contributed by atoms with van der Waals surface area (Å²) in [6, 6.07) is 35.9. The van der Waals surface area contributed by atoms with E-state index in [1.54, 1.807) is 18.2 Å². The van der Waals surface area contributed by atoms with Crippen LogP contribution in [0.1, 0.15) is 45.7 Å². The molecule has 5 aromatic carbocycles. The minimum atomic E-state index is -0.396. The van der Waals surface area contributed by atoms with Crippen molar-refractivity contribution in [3.05, 3.63) is 157 Å². The molecule has 2 nitrogen and oxygen atoms in total. The van der Waals surface area contributed by atoms with Gasteiger partial charge in [0, 0.05) is 32.5 Å². The third-order valence-electron chi connectivity index (χ3n) is 7.72. The van der Waals surface area contributed by atoms with Gasteiger partial charge in [-0.25, -0.2) is 0 Å². The minimum Gasteiger partial charge on any atom is -0.304 e. The summed E-state index contributed by atoms with van der Waals surface area (Å²) in [5, 5.41) is 5.01. The molecule has 0 saturated heterocycles. The van der Waals surface area contributed by atoms with Crippen molar-refractivity contribution in [2.45, 2.75) is 40.5 Å². The van der Waals surface area contributed by atoms with Gasteiger partial charge in [-0.05, 0) is 74.8 Å². The maximum Gasteiger partial charge on any atom is 0.0629 e. The number of hydrogen-bond acceptors (Lipinski definition) is 2. The molecule has 0 atom stereocenters. The Morgan fingerprint density at radius 2 is 1.47 bits per heavy atom. The molecule has 2 heterocycles. The summed E-state index contributed by atoms with van der Waals surface area (Å²) in [6.07, 6.45) is 5.59. The number of aromatic nitrogens is 2. The summed E-state index contributed by atoms with van der Waals surface area (Å²) in [4.78, 5) is 9.12. The first-order valence-corrected chi connectivity index (χ1v) is 15.8. The van der Waals surface area contributed by atoms with Crippen LogP contribution < -0.4 is 0 Å². The van der Waals surface area contributed by atoms with Crippen molar-refractivity contribution in [3.63, 3.8) is 0 Å². The van der Waals surface area contributed by atoms with Crippen LogP contribution in [0, 0.1) is 24.0 Å². The summed E-state index contributed by atoms with van der Waals surface area (Å²) < 4.78 is 39.1. The Morgan fingerprint density at radius 3 is 2.19 bits per heavy atom. The molecule has 0 bridgehead atoms. The van der Waals surface area contributed by atoms with Gasteiger partial charge in [0.05, 0.1) is 6.85 Å². The Hall–Kier alpha value is -4.43. The normalized spacial score (nSPS) is 12.4. The van der Waals surface area contributed by atoms with E-state index in [4.69, 9.17) is 11.8 Å². The van der Waals surface area contributed by atoms with Gasteiger partial charge in [-0.15, -0.1) is 70.8 Å². The van der Waals surface area contributed by atoms with Crippen LogP contribution in [0.5, 0.6) is 0 Å². The molecule has 0 aliphatic heterocycles. The fraction of sp³-hybridized carbons (Fsp3) is 0.182.